The van der Waals surface area contributed by atoms with Gasteiger partial charge in [0.25, 0.3) is 10.0 Å². The Kier molecular flexibility index (Phi) is 2.70. The van der Waals surface area contributed by atoms with Gasteiger partial charge in [0.1, 0.15) is 5.82 Å². The minimum Gasteiger partial charge on any atom is -0.384 e. The van der Waals surface area contributed by atoms with Crippen molar-refractivity contribution in [2.75, 3.05) is 16.6 Å². The summed E-state index contributed by atoms with van der Waals surface area (Å²) in [5.41, 5.74) is 2.76. The number of aromatic amines is 1. The second-order valence-corrected chi connectivity index (χ2v) is 6.14. The minimum atomic E-state index is -3.60. The van der Waals surface area contributed by atoms with Crippen molar-refractivity contribution >= 4 is 21.4 Å². The van der Waals surface area contributed by atoms with Crippen LogP contribution in [0, 0.1) is 6.92 Å². The summed E-state index contributed by atoms with van der Waals surface area (Å²) in [5.74, 6) is 0.568. The zero-order chi connectivity index (χ0) is 13.5. The molecule has 2 heterocycles. The van der Waals surface area contributed by atoms with E-state index in [9.17, 15) is 8.42 Å². The maximum atomic E-state index is 12.1. The smallest absolute Gasteiger partial charge is 0.278 e. The predicted molar refractivity (Wildman–Crippen MR) is 72.8 cm³/mol. The van der Waals surface area contributed by atoms with Crippen LogP contribution in [0.3, 0.4) is 0 Å². The molecule has 19 heavy (non-hydrogen) atoms. The Labute approximate surface area is 111 Å². The molecule has 0 fully saturated rings. The second kappa shape index (κ2) is 4.27. The first-order chi connectivity index (χ1) is 9.04. The first-order valence-corrected chi connectivity index (χ1v) is 7.44. The summed E-state index contributed by atoms with van der Waals surface area (Å²) in [4.78, 5) is 6.61. The third-order valence-corrected chi connectivity index (χ3v) is 4.33. The quantitative estimate of drug-likeness (QED) is 0.794. The van der Waals surface area contributed by atoms with Gasteiger partial charge in [0.15, 0.2) is 5.03 Å². The third-order valence-electron chi connectivity index (χ3n) is 3.04. The molecule has 0 spiro atoms. The van der Waals surface area contributed by atoms with Gasteiger partial charge in [-0.25, -0.2) is 4.98 Å². The summed E-state index contributed by atoms with van der Waals surface area (Å²) in [7, 11) is -3.60. The normalized spacial score (nSPS) is 13.9. The average molecular weight is 278 g/mol. The van der Waals surface area contributed by atoms with E-state index in [0.717, 1.165) is 24.2 Å². The van der Waals surface area contributed by atoms with E-state index in [0.29, 0.717) is 11.5 Å². The summed E-state index contributed by atoms with van der Waals surface area (Å²) in [6.07, 6.45) is 2.22. The van der Waals surface area contributed by atoms with E-state index in [1.54, 1.807) is 13.0 Å². The van der Waals surface area contributed by atoms with Crippen molar-refractivity contribution in [2.45, 2.75) is 18.4 Å². The number of H-pyrrole nitrogens is 1. The minimum absolute atomic E-state index is 0.0728. The highest BCUT2D eigenvalue weighted by Crippen LogP contribution is 2.26. The first kappa shape index (κ1) is 12.0. The summed E-state index contributed by atoms with van der Waals surface area (Å²) >= 11 is 0. The van der Waals surface area contributed by atoms with Crippen LogP contribution in [-0.2, 0) is 16.4 Å². The molecule has 1 aliphatic rings. The molecular formula is C12H14N4O2S. The highest BCUT2D eigenvalue weighted by molar-refractivity contribution is 7.92. The van der Waals surface area contributed by atoms with Crippen LogP contribution in [-0.4, -0.2) is 24.9 Å². The molecule has 0 bridgehead atoms. The molecule has 100 valence electrons. The van der Waals surface area contributed by atoms with Gasteiger partial charge in [-0.2, -0.15) is 8.42 Å². The Hall–Kier alpha value is -2.02. The summed E-state index contributed by atoms with van der Waals surface area (Å²) in [5, 5.41) is 3.30. The van der Waals surface area contributed by atoms with Crippen LogP contribution in [0.2, 0.25) is 0 Å². The van der Waals surface area contributed by atoms with E-state index in [-0.39, 0.29) is 5.03 Å². The molecular weight excluding hydrogens is 264 g/mol. The topological polar surface area (TPSA) is 86.9 Å². The fraction of sp³-hybridized carbons (Fsp3) is 0.250. The van der Waals surface area contributed by atoms with Gasteiger partial charge in [-0.05, 0) is 37.1 Å². The number of fused-ring (bicyclic) bond motifs is 1. The molecule has 0 amide bonds. The zero-order valence-electron chi connectivity index (χ0n) is 10.4. The summed E-state index contributed by atoms with van der Waals surface area (Å²) in [6.45, 7) is 2.60. The van der Waals surface area contributed by atoms with Gasteiger partial charge in [0, 0.05) is 17.9 Å². The number of hydrogen-bond acceptors (Lipinski definition) is 4. The van der Waals surface area contributed by atoms with Crippen LogP contribution < -0.4 is 10.0 Å². The lowest BCUT2D eigenvalue weighted by molar-refractivity contribution is 0.598. The number of aryl methyl sites for hydroxylation is 1. The van der Waals surface area contributed by atoms with Gasteiger partial charge in [-0.15, -0.1) is 0 Å². The van der Waals surface area contributed by atoms with Crippen molar-refractivity contribution in [2.24, 2.45) is 0 Å². The van der Waals surface area contributed by atoms with Gasteiger partial charge in [-0.1, -0.05) is 0 Å². The van der Waals surface area contributed by atoms with E-state index < -0.39 is 10.0 Å². The SMILES string of the molecule is Cc1ncc(S(=O)(=O)Nc2ccc3c(c2)CCN3)[nH]1. The number of rotatable bonds is 3. The van der Waals surface area contributed by atoms with Crippen LogP contribution in [0.5, 0.6) is 0 Å². The van der Waals surface area contributed by atoms with Crippen molar-refractivity contribution in [1.82, 2.24) is 9.97 Å². The standard InChI is InChI=1S/C12H14N4O2S/c1-8-14-7-12(15-8)19(17,18)16-10-2-3-11-9(6-10)4-5-13-11/h2-3,6-7,13,16H,4-5H2,1H3,(H,14,15). The van der Waals surface area contributed by atoms with Crippen LogP contribution in [0.4, 0.5) is 11.4 Å². The number of nitrogens with zero attached hydrogens (tertiary/aromatic N) is 1. The number of nitrogens with one attached hydrogen (secondary N) is 3. The lowest BCUT2D eigenvalue weighted by Gasteiger charge is -2.08. The molecule has 7 heteroatoms. The number of hydrogen-bond donors (Lipinski definition) is 3. The van der Waals surface area contributed by atoms with Gasteiger partial charge in [-0.3, -0.25) is 4.72 Å². The molecule has 0 saturated heterocycles. The molecule has 3 rings (SSSR count). The number of benzene rings is 1. The number of anilines is 2. The van der Waals surface area contributed by atoms with Crippen molar-refractivity contribution in [3.05, 3.63) is 35.8 Å². The largest absolute Gasteiger partial charge is 0.384 e. The Balaban J connectivity index is 1.89. The van der Waals surface area contributed by atoms with Crippen molar-refractivity contribution in [1.29, 1.82) is 0 Å². The Morgan fingerprint density at radius 3 is 2.95 bits per heavy atom. The van der Waals surface area contributed by atoms with Crippen LogP contribution in [0.15, 0.2) is 29.4 Å². The van der Waals surface area contributed by atoms with Gasteiger partial charge < -0.3 is 10.3 Å². The molecule has 0 radical (unpaired) electrons. The highest BCUT2D eigenvalue weighted by atomic mass is 32.2. The van der Waals surface area contributed by atoms with Gasteiger partial charge >= 0.3 is 0 Å². The number of aromatic nitrogens is 2. The molecule has 0 unspecified atom stereocenters. The zero-order valence-corrected chi connectivity index (χ0v) is 11.2. The lowest BCUT2D eigenvalue weighted by Crippen LogP contribution is -2.13. The average Bonchev–Trinajstić information content (AvgIpc) is 2.96. The fourth-order valence-electron chi connectivity index (χ4n) is 2.11. The maximum Gasteiger partial charge on any atom is 0.278 e. The molecule has 2 aromatic rings. The summed E-state index contributed by atoms with van der Waals surface area (Å²) in [6, 6.07) is 5.49. The van der Waals surface area contributed by atoms with Crippen molar-refractivity contribution < 1.29 is 8.42 Å². The molecule has 1 aliphatic heterocycles. The number of imidazole rings is 1. The summed E-state index contributed by atoms with van der Waals surface area (Å²) < 4.78 is 26.8. The maximum absolute atomic E-state index is 12.1. The second-order valence-electron chi connectivity index (χ2n) is 4.49. The van der Waals surface area contributed by atoms with Crippen LogP contribution in [0.1, 0.15) is 11.4 Å². The molecule has 3 N–H and O–H groups in total. The molecule has 1 aromatic carbocycles. The lowest BCUT2D eigenvalue weighted by atomic mass is 10.1. The van der Waals surface area contributed by atoms with E-state index >= 15 is 0 Å². The number of sulfonamides is 1. The third kappa shape index (κ3) is 2.28. The first-order valence-electron chi connectivity index (χ1n) is 5.96. The van der Waals surface area contributed by atoms with Crippen molar-refractivity contribution in [3.63, 3.8) is 0 Å². The molecule has 0 saturated carbocycles. The molecule has 6 nitrogen and oxygen atoms in total. The molecule has 0 atom stereocenters. The Bertz CT molecular complexity index is 721. The van der Waals surface area contributed by atoms with E-state index in [1.165, 1.54) is 6.20 Å². The highest BCUT2D eigenvalue weighted by Gasteiger charge is 2.18. The fourth-order valence-corrected chi connectivity index (χ4v) is 3.13. The van der Waals surface area contributed by atoms with Gasteiger partial charge in [0.05, 0.1) is 6.20 Å². The monoisotopic (exact) mass is 278 g/mol. The molecule has 0 aliphatic carbocycles. The predicted octanol–water partition coefficient (Wildman–Crippen LogP) is 1.49. The van der Waals surface area contributed by atoms with Gasteiger partial charge in [0.2, 0.25) is 0 Å². The Morgan fingerprint density at radius 1 is 1.37 bits per heavy atom. The van der Waals surface area contributed by atoms with E-state index in [4.69, 9.17) is 0 Å². The van der Waals surface area contributed by atoms with Crippen LogP contribution >= 0.6 is 0 Å². The van der Waals surface area contributed by atoms with Crippen LogP contribution in [0.25, 0.3) is 0 Å². The Morgan fingerprint density at radius 2 is 2.21 bits per heavy atom. The van der Waals surface area contributed by atoms with E-state index in [1.807, 2.05) is 12.1 Å². The van der Waals surface area contributed by atoms with Crippen molar-refractivity contribution in [3.8, 4) is 0 Å². The van der Waals surface area contributed by atoms with E-state index in [2.05, 4.69) is 20.0 Å². The molecule has 1 aromatic heterocycles.